The number of allylic oxidation sites excluding steroid dienone is 4. The number of halogens is 1. The van der Waals surface area contributed by atoms with Crippen molar-refractivity contribution in [2.45, 2.75) is 72.1 Å². The zero-order valence-electron chi connectivity index (χ0n) is 13.5. The molecule has 20 heavy (non-hydrogen) atoms. The summed E-state index contributed by atoms with van der Waals surface area (Å²) >= 11 is 0. The van der Waals surface area contributed by atoms with Crippen LogP contribution in [0.15, 0.2) is 23.6 Å². The molecule has 0 aromatic carbocycles. The molecule has 114 valence electrons. The molecule has 0 unspecified atom stereocenters. The number of rotatable bonds is 6. The van der Waals surface area contributed by atoms with E-state index in [0.717, 1.165) is 24.7 Å². The molecule has 0 heterocycles. The van der Waals surface area contributed by atoms with Gasteiger partial charge in [0.15, 0.2) is 0 Å². The van der Waals surface area contributed by atoms with Crippen LogP contribution in [0.25, 0.3) is 0 Å². The van der Waals surface area contributed by atoms with Crippen molar-refractivity contribution < 1.29 is 4.39 Å². The van der Waals surface area contributed by atoms with E-state index in [9.17, 15) is 4.39 Å². The topological polar surface area (TPSA) is 0 Å². The molecule has 1 rings (SSSR count). The minimum absolute atomic E-state index is 0.0203. The molecular formula is C19H31F. The van der Waals surface area contributed by atoms with E-state index in [1.54, 1.807) is 6.08 Å². The average Bonchev–Trinajstić information content (AvgIpc) is 2.48. The van der Waals surface area contributed by atoms with Gasteiger partial charge in [0.1, 0.15) is 0 Å². The van der Waals surface area contributed by atoms with Gasteiger partial charge in [-0.3, -0.25) is 0 Å². The lowest BCUT2D eigenvalue weighted by Crippen LogP contribution is -2.12. The highest BCUT2D eigenvalue weighted by Crippen LogP contribution is 2.32. The van der Waals surface area contributed by atoms with Crippen LogP contribution in [0.1, 0.15) is 72.1 Å². The van der Waals surface area contributed by atoms with Gasteiger partial charge >= 0.3 is 0 Å². The summed E-state index contributed by atoms with van der Waals surface area (Å²) in [6.07, 6.45) is 21.3. The van der Waals surface area contributed by atoms with Gasteiger partial charge in [0.2, 0.25) is 0 Å². The van der Waals surface area contributed by atoms with E-state index >= 15 is 0 Å². The van der Waals surface area contributed by atoms with Crippen molar-refractivity contribution in [3.63, 3.8) is 0 Å². The maximum Gasteiger partial charge on any atom is 0.0999 e. The SMILES string of the molecule is C#C.CC/C=C(\C=C(\F)CC)CCC1CCC(C)CC1. The zero-order valence-corrected chi connectivity index (χ0v) is 13.5. The van der Waals surface area contributed by atoms with Crippen molar-refractivity contribution in [2.24, 2.45) is 11.8 Å². The Hall–Kier alpha value is -1.03. The van der Waals surface area contributed by atoms with Crippen LogP contribution >= 0.6 is 0 Å². The number of hydrogen-bond acceptors (Lipinski definition) is 0. The summed E-state index contributed by atoms with van der Waals surface area (Å²) in [5, 5.41) is 0. The quantitative estimate of drug-likeness (QED) is 0.387. The lowest BCUT2D eigenvalue weighted by atomic mass is 9.80. The Morgan fingerprint density at radius 1 is 1.15 bits per heavy atom. The molecular weight excluding hydrogens is 247 g/mol. The summed E-state index contributed by atoms with van der Waals surface area (Å²) < 4.78 is 13.3. The highest BCUT2D eigenvalue weighted by molar-refractivity contribution is 5.20. The third kappa shape index (κ3) is 8.20. The van der Waals surface area contributed by atoms with Crippen LogP contribution in [-0.2, 0) is 0 Å². The first-order valence-electron chi connectivity index (χ1n) is 8.04. The molecule has 0 radical (unpaired) electrons. The second-order valence-corrected chi connectivity index (χ2v) is 5.80. The van der Waals surface area contributed by atoms with E-state index in [1.807, 2.05) is 6.92 Å². The average molecular weight is 278 g/mol. The summed E-state index contributed by atoms with van der Waals surface area (Å²) in [6.45, 7) is 6.36. The van der Waals surface area contributed by atoms with Crippen LogP contribution in [0.2, 0.25) is 0 Å². The van der Waals surface area contributed by atoms with Gasteiger partial charge in [0.05, 0.1) is 5.83 Å². The van der Waals surface area contributed by atoms with E-state index in [1.165, 1.54) is 37.7 Å². The second kappa shape index (κ2) is 11.8. The maximum absolute atomic E-state index is 13.3. The minimum Gasteiger partial charge on any atom is -0.212 e. The fourth-order valence-corrected chi connectivity index (χ4v) is 2.79. The van der Waals surface area contributed by atoms with E-state index in [2.05, 4.69) is 32.8 Å². The molecule has 0 atom stereocenters. The van der Waals surface area contributed by atoms with Crippen LogP contribution in [-0.4, -0.2) is 0 Å². The first kappa shape index (κ1) is 19.0. The third-order valence-electron chi connectivity index (χ3n) is 4.12. The summed E-state index contributed by atoms with van der Waals surface area (Å²) in [5.41, 5.74) is 1.20. The molecule has 0 bridgehead atoms. The van der Waals surface area contributed by atoms with Gasteiger partial charge in [-0.05, 0) is 49.2 Å². The molecule has 1 fully saturated rings. The Balaban J connectivity index is 0.00000172. The van der Waals surface area contributed by atoms with Crippen LogP contribution in [0.4, 0.5) is 4.39 Å². The summed E-state index contributed by atoms with van der Waals surface area (Å²) in [5.74, 6) is 1.82. The van der Waals surface area contributed by atoms with Gasteiger partial charge in [0, 0.05) is 0 Å². The molecule has 0 aliphatic heterocycles. The van der Waals surface area contributed by atoms with Gasteiger partial charge in [-0.25, -0.2) is 4.39 Å². The predicted octanol–water partition coefficient (Wildman–Crippen LogP) is 6.44. The third-order valence-corrected chi connectivity index (χ3v) is 4.12. The Kier molecular flexibility index (Phi) is 11.2. The molecule has 0 aromatic heterocycles. The lowest BCUT2D eigenvalue weighted by Gasteiger charge is -2.26. The van der Waals surface area contributed by atoms with Crippen molar-refractivity contribution in [3.8, 4) is 12.8 Å². The summed E-state index contributed by atoms with van der Waals surface area (Å²) in [4.78, 5) is 0. The molecule has 1 aliphatic carbocycles. The van der Waals surface area contributed by atoms with E-state index < -0.39 is 0 Å². The molecule has 1 saturated carbocycles. The van der Waals surface area contributed by atoms with Gasteiger partial charge in [-0.15, -0.1) is 12.8 Å². The van der Waals surface area contributed by atoms with Crippen molar-refractivity contribution in [1.82, 2.24) is 0 Å². The summed E-state index contributed by atoms with van der Waals surface area (Å²) in [7, 11) is 0. The van der Waals surface area contributed by atoms with Crippen molar-refractivity contribution in [3.05, 3.63) is 23.6 Å². The minimum atomic E-state index is 0.0203. The lowest BCUT2D eigenvalue weighted by molar-refractivity contribution is 0.278. The van der Waals surface area contributed by atoms with Crippen molar-refractivity contribution in [1.29, 1.82) is 0 Å². The zero-order chi connectivity index (χ0) is 15.4. The van der Waals surface area contributed by atoms with E-state index in [-0.39, 0.29) is 5.83 Å². The van der Waals surface area contributed by atoms with Crippen molar-refractivity contribution >= 4 is 0 Å². The molecule has 0 amide bonds. The number of terminal acetylenes is 1. The van der Waals surface area contributed by atoms with Crippen LogP contribution in [0.3, 0.4) is 0 Å². The van der Waals surface area contributed by atoms with Gasteiger partial charge in [-0.2, -0.15) is 0 Å². The molecule has 0 nitrogen and oxygen atoms in total. The standard InChI is InChI=1S/C17H29F.C2H2/c1-4-6-16(13-17(18)5-2)12-11-15-9-7-14(3)8-10-15;1-2/h6,13-15H,4-5,7-12H2,1-3H3;1-2H/b16-6-,17-13+;. The van der Waals surface area contributed by atoms with Crippen LogP contribution in [0.5, 0.6) is 0 Å². The largest absolute Gasteiger partial charge is 0.212 e. The highest BCUT2D eigenvalue weighted by atomic mass is 19.1. The Morgan fingerprint density at radius 2 is 1.75 bits per heavy atom. The Morgan fingerprint density at radius 3 is 2.25 bits per heavy atom. The Labute approximate surface area is 125 Å². The number of hydrogen-bond donors (Lipinski definition) is 0. The van der Waals surface area contributed by atoms with E-state index in [4.69, 9.17) is 0 Å². The molecule has 1 heteroatoms. The predicted molar refractivity (Wildman–Crippen MR) is 88.1 cm³/mol. The monoisotopic (exact) mass is 278 g/mol. The Bertz CT molecular complexity index is 314. The normalized spacial score (nSPS) is 23.9. The molecule has 0 N–H and O–H groups in total. The first-order chi connectivity index (χ1) is 9.65. The molecule has 0 spiro atoms. The fourth-order valence-electron chi connectivity index (χ4n) is 2.79. The molecule has 0 saturated heterocycles. The molecule has 1 aliphatic rings. The van der Waals surface area contributed by atoms with Crippen LogP contribution < -0.4 is 0 Å². The maximum atomic E-state index is 13.3. The summed E-state index contributed by atoms with van der Waals surface area (Å²) in [6, 6.07) is 0. The highest BCUT2D eigenvalue weighted by Gasteiger charge is 2.17. The van der Waals surface area contributed by atoms with Gasteiger partial charge in [-0.1, -0.05) is 52.5 Å². The molecule has 0 aromatic rings. The van der Waals surface area contributed by atoms with Crippen molar-refractivity contribution in [2.75, 3.05) is 0 Å². The van der Waals surface area contributed by atoms with E-state index in [0.29, 0.717) is 6.42 Å². The first-order valence-corrected chi connectivity index (χ1v) is 8.04. The van der Waals surface area contributed by atoms with Gasteiger partial charge in [0.25, 0.3) is 0 Å². The van der Waals surface area contributed by atoms with Crippen LogP contribution in [0, 0.1) is 24.7 Å². The smallest absolute Gasteiger partial charge is 0.0999 e. The fraction of sp³-hybridized carbons (Fsp3) is 0.684. The second-order valence-electron chi connectivity index (χ2n) is 5.80. The van der Waals surface area contributed by atoms with Gasteiger partial charge < -0.3 is 0 Å².